The fourth-order valence-corrected chi connectivity index (χ4v) is 2.75. The van der Waals surface area contributed by atoms with Gasteiger partial charge >= 0.3 is 0 Å². The zero-order valence-corrected chi connectivity index (χ0v) is 11.1. The second-order valence-electron chi connectivity index (χ2n) is 4.51. The molecule has 1 fully saturated rings. The first-order chi connectivity index (χ1) is 9.13. The maximum absolute atomic E-state index is 11.6. The van der Waals surface area contributed by atoms with Crippen LogP contribution in [0.3, 0.4) is 0 Å². The summed E-state index contributed by atoms with van der Waals surface area (Å²) in [5, 5.41) is 9.64. The van der Waals surface area contributed by atoms with E-state index in [4.69, 9.17) is 4.74 Å². The van der Waals surface area contributed by atoms with E-state index in [1.807, 2.05) is 6.92 Å². The molecule has 2 aromatic heterocycles. The lowest BCUT2D eigenvalue weighted by molar-refractivity contribution is -0.0180. The summed E-state index contributed by atoms with van der Waals surface area (Å²) in [7, 11) is 0. The summed E-state index contributed by atoms with van der Waals surface area (Å²) in [4.78, 5) is 22.2. The number of H-pyrrole nitrogens is 1. The molecule has 1 aliphatic rings. The first kappa shape index (κ1) is 12.6. The third kappa shape index (κ3) is 1.87. The molecule has 2 N–H and O–H groups in total. The van der Waals surface area contributed by atoms with Crippen LogP contribution in [0.2, 0.25) is 0 Å². The van der Waals surface area contributed by atoms with Gasteiger partial charge < -0.3 is 14.8 Å². The van der Waals surface area contributed by atoms with Crippen LogP contribution in [0.1, 0.15) is 19.6 Å². The lowest BCUT2D eigenvalue weighted by Crippen LogP contribution is -2.27. The maximum Gasteiger partial charge on any atom is 0.278 e. The zero-order chi connectivity index (χ0) is 13.6. The molecule has 19 heavy (non-hydrogen) atoms. The number of hydrogen-bond donors (Lipinski definition) is 3. The number of imidazole rings is 1. The molecule has 1 aliphatic heterocycles. The van der Waals surface area contributed by atoms with Crippen molar-refractivity contribution < 1.29 is 9.84 Å². The highest BCUT2D eigenvalue weighted by Crippen LogP contribution is 2.35. The van der Waals surface area contributed by atoms with E-state index in [0.29, 0.717) is 12.1 Å². The minimum atomic E-state index is -0.655. The van der Waals surface area contributed by atoms with Gasteiger partial charge in [-0.05, 0) is 6.42 Å². The third-order valence-electron chi connectivity index (χ3n) is 3.38. The van der Waals surface area contributed by atoms with Crippen molar-refractivity contribution in [3.8, 4) is 0 Å². The minimum absolute atomic E-state index is 0.251. The lowest BCUT2D eigenvalue weighted by atomic mass is 10.1. The zero-order valence-electron chi connectivity index (χ0n) is 10.2. The van der Waals surface area contributed by atoms with Gasteiger partial charge in [0.25, 0.3) is 5.56 Å². The number of hydrogen-bond acceptors (Lipinski definition) is 6. The van der Waals surface area contributed by atoms with E-state index in [1.165, 1.54) is 12.7 Å². The number of aromatic amines is 1. The van der Waals surface area contributed by atoms with Crippen LogP contribution in [-0.4, -0.2) is 42.1 Å². The molecule has 0 radical (unpaired) electrons. The predicted octanol–water partition coefficient (Wildman–Crippen LogP) is 0.0863. The molecule has 0 aromatic carbocycles. The first-order valence-corrected chi connectivity index (χ1v) is 6.57. The van der Waals surface area contributed by atoms with Crippen LogP contribution in [0.4, 0.5) is 0 Å². The van der Waals surface area contributed by atoms with Crippen LogP contribution < -0.4 is 5.56 Å². The van der Waals surface area contributed by atoms with Gasteiger partial charge in [-0.25, -0.2) is 9.97 Å². The molecule has 7 nitrogen and oxygen atoms in total. The Morgan fingerprint density at radius 1 is 1.58 bits per heavy atom. The van der Waals surface area contributed by atoms with Crippen LogP contribution in [0.5, 0.6) is 0 Å². The fraction of sp³-hybridized carbons (Fsp3) is 0.545. The van der Waals surface area contributed by atoms with E-state index >= 15 is 0 Å². The van der Waals surface area contributed by atoms with Crippen LogP contribution >= 0.6 is 12.6 Å². The number of nitrogens with one attached hydrogen (secondary N) is 1. The lowest BCUT2D eigenvalue weighted by Gasteiger charge is -2.16. The highest BCUT2D eigenvalue weighted by molar-refractivity contribution is 7.81. The van der Waals surface area contributed by atoms with Gasteiger partial charge in [0.05, 0.1) is 30.1 Å². The Hall–Kier alpha value is -1.38. The summed E-state index contributed by atoms with van der Waals surface area (Å²) in [5.74, 6) is 0. The van der Waals surface area contributed by atoms with E-state index < -0.39 is 12.3 Å². The molecule has 8 heteroatoms. The van der Waals surface area contributed by atoms with Gasteiger partial charge in [0.1, 0.15) is 0 Å². The van der Waals surface area contributed by atoms with Gasteiger partial charge in [0, 0.05) is 0 Å². The van der Waals surface area contributed by atoms with Crippen molar-refractivity contribution in [2.75, 3.05) is 0 Å². The largest absolute Gasteiger partial charge is 0.389 e. The summed E-state index contributed by atoms with van der Waals surface area (Å²) in [5.41, 5.74) is 0.378. The molecule has 0 spiro atoms. The van der Waals surface area contributed by atoms with E-state index in [-0.39, 0.29) is 22.4 Å². The van der Waals surface area contributed by atoms with Gasteiger partial charge in [-0.15, -0.1) is 0 Å². The molecular weight excluding hydrogens is 268 g/mol. The van der Waals surface area contributed by atoms with Crippen molar-refractivity contribution in [1.29, 1.82) is 0 Å². The average molecular weight is 282 g/mol. The molecule has 102 valence electrons. The van der Waals surface area contributed by atoms with E-state index in [0.717, 1.165) is 0 Å². The number of ether oxygens (including phenoxy) is 1. The number of aromatic nitrogens is 4. The molecule has 3 rings (SSSR count). The van der Waals surface area contributed by atoms with Crippen LogP contribution in [0.25, 0.3) is 11.2 Å². The summed E-state index contributed by atoms with van der Waals surface area (Å²) in [6.45, 7) is 1.94. The molecule has 0 saturated carbocycles. The molecule has 0 amide bonds. The molecule has 4 atom stereocenters. The Morgan fingerprint density at radius 2 is 2.37 bits per heavy atom. The number of thiol groups is 1. The second-order valence-corrected chi connectivity index (χ2v) is 5.11. The van der Waals surface area contributed by atoms with E-state index in [9.17, 15) is 9.90 Å². The summed E-state index contributed by atoms with van der Waals surface area (Å²) in [6.07, 6.45) is 2.09. The summed E-state index contributed by atoms with van der Waals surface area (Å²) < 4.78 is 7.41. The van der Waals surface area contributed by atoms with Gasteiger partial charge in [0.15, 0.2) is 17.4 Å². The normalized spacial score (nSPS) is 31.1. The van der Waals surface area contributed by atoms with E-state index in [1.54, 1.807) is 4.57 Å². The Balaban J connectivity index is 2.06. The predicted molar refractivity (Wildman–Crippen MR) is 71.1 cm³/mol. The molecule has 0 bridgehead atoms. The van der Waals surface area contributed by atoms with Gasteiger partial charge in [-0.2, -0.15) is 12.6 Å². The van der Waals surface area contributed by atoms with E-state index in [2.05, 4.69) is 27.6 Å². The van der Waals surface area contributed by atoms with Gasteiger partial charge in [-0.3, -0.25) is 9.36 Å². The molecule has 1 saturated heterocycles. The van der Waals surface area contributed by atoms with Crippen LogP contribution in [0, 0.1) is 0 Å². The Bertz CT molecular complexity index is 655. The Morgan fingerprint density at radius 3 is 3.05 bits per heavy atom. The van der Waals surface area contributed by atoms with Crippen molar-refractivity contribution in [2.45, 2.75) is 37.0 Å². The molecular formula is C11H14N4O3S. The quantitative estimate of drug-likeness (QED) is 0.679. The van der Waals surface area contributed by atoms with Crippen molar-refractivity contribution in [3.05, 3.63) is 23.0 Å². The number of aliphatic hydroxyl groups is 1. The molecule has 2 aromatic rings. The number of rotatable bonds is 2. The maximum atomic E-state index is 11.6. The average Bonchev–Trinajstić information content (AvgIpc) is 2.94. The highest BCUT2D eigenvalue weighted by atomic mass is 32.1. The molecule has 0 unspecified atom stereocenters. The first-order valence-electron chi connectivity index (χ1n) is 6.05. The Labute approximate surface area is 114 Å². The SMILES string of the molecule is CC[C@H]1O[C@@H](n2cnc3c(=O)[nH]cnc32)[C@H](S)[C@@H]1O. The number of aliphatic hydroxyl groups excluding tert-OH is 1. The Kier molecular flexibility index (Phi) is 3.08. The van der Waals surface area contributed by atoms with Crippen molar-refractivity contribution in [3.63, 3.8) is 0 Å². The van der Waals surface area contributed by atoms with Crippen LogP contribution in [0.15, 0.2) is 17.4 Å². The van der Waals surface area contributed by atoms with Crippen LogP contribution in [-0.2, 0) is 4.74 Å². The van der Waals surface area contributed by atoms with Crippen molar-refractivity contribution in [2.24, 2.45) is 0 Å². The minimum Gasteiger partial charge on any atom is -0.389 e. The van der Waals surface area contributed by atoms with Gasteiger partial charge in [0.2, 0.25) is 0 Å². The fourth-order valence-electron chi connectivity index (χ4n) is 2.35. The standard InChI is InChI=1S/C11H14N4O3S/c1-2-5-7(16)8(19)11(18-5)15-4-14-6-9(15)12-3-13-10(6)17/h3-5,7-8,11,16,19H,2H2,1H3,(H,12,13,17)/t5-,7-,8-,11-/m1/s1. The number of nitrogens with zero attached hydrogens (tertiary/aromatic N) is 3. The second kappa shape index (κ2) is 4.62. The molecule has 3 heterocycles. The summed E-state index contributed by atoms with van der Waals surface area (Å²) >= 11 is 4.40. The smallest absolute Gasteiger partial charge is 0.278 e. The van der Waals surface area contributed by atoms with Gasteiger partial charge in [-0.1, -0.05) is 6.92 Å². The van der Waals surface area contributed by atoms with Crippen molar-refractivity contribution >= 4 is 23.8 Å². The number of fused-ring (bicyclic) bond motifs is 1. The molecule has 0 aliphatic carbocycles. The highest BCUT2D eigenvalue weighted by Gasteiger charge is 2.42. The van der Waals surface area contributed by atoms with Crippen molar-refractivity contribution in [1.82, 2.24) is 19.5 Å². The topological polar surface area (TPSA) is 93.0 Å². The third-order valence-corrected chi connectivity index (χ3v) is 3.94. The monoisotopic (exact) mass is 282 g/mol. The summed E-state index contributed by atoms with van der Waals surface area (Å²) in [6, 6.07) is 0.